The van der Waals surface area contributed by atoms with Crippen molar-refractivity contribution in [1.82, 2.24) is 4.31 Å². The summed E-state index contributed by atoms with van der Waals surface area (Å²) in [6.07, 6.45) is 1.30. The highest BCUT2D eigenvalue weighted by Gasteiger charge is 2.32. The quantitative estimate of drug-likeness (QED) is 0.756. The SMILES string of the molecule is COc1ccc(S(=O)(=O)N2CCC(Oc3ccc(C)cc3)CC2)c(OC)c1. The van der Waals surface area contributed by atoms with E-state index in [0.29, 0.717) is 31.7 Å². The topological polar surface area (TPSA) is 65.1 Å². The Balaban J connectivity index is 1.68. The summed E-state index contributed by atoms with van der Waals surface area (Å²) in [5.74, 6) is 1.65. The number of rotatable bonds is 6. The summed E-state index contributed by atoms with van der Waals surface area (Å²) in [6.45, 7) is 2.85. The summed E-state index contributed by atoms with van der Waals surface area (Å²) >= 11 is 0. The number of benzene rings is 2. The first-order chi connectivity index (χ1) is 12.9. The van der Waals surface area contributed by atoms with E-state index in [9.17, 15) is 8.42 Å². The van der Waals surface area contributed by atoms with E-state index < -0.39 is 10.0 Å². The lowest BCUT2D eigenvalue weighted by Gasteiger charge is -2.31. The molecule has 0 spiro atoms. The van der Waals surface area contributed by atoms with E-state index >= 15 is 0 Å². The van der Waals surface area contributed by atoms with Gasteiger partial charge in [-0.2, -0.15) is 4.31 Å². The Bertz CT molecular complexity index is 872. The van der Waals surface area contributed by atoms with Crippen molar-refractivity contribution in [2.45, 2.75) is 30.8 Å². The number of nitrogens with zero attached hydrogens (tertiary/aromatic N) is 1. The van der Waals surface area contributed by atoms with E-state index in [2.05, 4.69) is 0 Å². The van der Waals surface area contributed by atoms with Crippen molar-refractivity contribution in [3.05, 3.63) is 48.0 Å². The Labute approximate surface area is 160 Å². The van der Waals surface area contributed by atoms with Crippen molar-refractivity contribution in [2.75, 3.05) is 27.3 Å². The minimum Gasteiger partial charge on any atom is -0.497 e. The zero-order valence-corrected chi connectivity index (χ0v) is 16.7. The Morgan fingerprint density at radius 2 is 1.56 bits per heavy atom. The van der Waals surface area contributed by atoms with Crippen LogP contribution in [-0.4, -0.2) is 46.1 Å². The van der Waals surface area contributed by atoms with Gasteiger partial charge in [0.25, 0.3) is 0 Å². The molecule has 6 nitrogen and oxygen atoms in total. The van der Waals surface area contributed by atoms with Gasteiger partial charge >= 0.3 is 0 Å². The molecule has 7 heteroatoms. The summed E-state index contributed by atoms with van der Waals surface area (Å²) in [5.41, 5.74) is 1.18. The Morgan fingerprint density at radius 3 is 2.15 bits per heavy atom. The first kappa shape index (κ1) is 19.5. The fourth-order valence-corrected chi connectivity index (χ4v) is 4.73. The van der Waals surface area contributed by atoms with Crippen LogP contribution in [-0.2, 0) is 10.0 Å². The van der Waals surface area contributed by atoms with E-state index in [-0.39, 0.29) is 16.7 Å². The van der Waals surface area contributed by atoms with Crippen molar-refractivity contribution in [2.24, 2.45) is 0 Å². The lowest BCUT2D eigenvalue weighted by atomic mass is 10.1. The summed E-state index contributed by atoms with van der Waals surface area (Å²) in [6, 6.07) is 12.6. The van der Waals surface area contributed by atoms with Gasteiger partial charge in [0.05, 0.1) is 14.2 Å². The standard InChI is InChI=1S/C20H25NO5S/c1-15-4-6-16(7-5-15)26-17-10-12-21(13-11-17)27(22,23)20-9-8-18(24-2)14-19(20)25-3/h4-9,14,17H,10-13H2,1-3H3. The fourth-order valence-electron chi connectivity index (χ4n) is 3.13. The van der Waals surface area contributed by atoms with Gasteiger partial charge in [-0.05, 0) is 44.0 Å². The molecule has 0 atom stereocenters. The highest BCUT2D eigenvalue weighted by atomic mass is 32.2. The van der Waals surface area contributed by atoms with Gasteiger partial charge in [-0.3, -0.25) is 0 Å². The van der Waals surface area contributed by atoms with Crippen LogP contribution in [0.15, 0.2) is 47.4 Å². The van der Waals surface area contributed by atoms with Crippen molar-refractivity contribution in [3.63, 3.8) is 0 Å². The molecule has 0 saturated carbocycles. The number of methoxy groups -OCH3 is 2. The molecule has 1 saturated heterocycles. The van der Waals surface area contributed by atoms with E-state index in [1.807, 2.05) is 31.2 Å². The second-order valence-corrected chi connectivity index (χ2v) is 8.46. The molecule has 0 bridgehead atoms. The molecule has 0 aliphatic carbocycles. The Kier molecular flexibility index (Phi) is 5.92. The van der Waals surface area contributed by atoms with Crippen LogP contribution < -0.4 is 14.2 Å². The number of hydrogen-bond acceptors (Lipinski definition) is 5. The molecule has 1 fully saturated rings. The third-order valence-electron chi connectivity index (χ3n) is 4.71. The van der Waals surface area contributed by atoms with Gasteiger partial charge in [0.1, 0.15) is 28.2 Å². The molecule has 1 heterocycles. The first-order valence-electron chi connectivity index (χ1n) is 8.89. The van der Waals surface area contributed by atoms with Crippen LogP contribution in [0.1, 0.15) is 18.4 Å². The summed E-state index contributed by atoms with van der Waals surface area (Å²) in [4.78, 5) is 0.156. The molecule has 27 heavy (non-hydrogen) atoms. The first-order valence-corrected chi connectivity index (χ1v) is 10.3. The summed E-state index contributed by atoms with van der Waals surface area (Å²) in [5, 5.41) is 0. The highest BCUT2D eigenvalue weighted by molar-refractivity contribution is 7.89. The van der Waals surface area contributed by atoms with Gasteiger partial charge in [0.2, 0.25) is 10.0 Å². The van der Waals surface area contributed by atoms with Gasteiger partial charge < -0.3 is 14.2 Å². The maximum Gasteiger partial charge on any atom is 0.246 e. The molecule has 2 aromatic rings. The number of ether oxygens (including phenoxy) is 3. The Morgan fingerprint density at radius 1 is 0.926 bits per heavy atom. The summed E-state index contributed by atoms with van der Waals surface area (Å²) in [7, 11) is -0.651. The van der Waals surface area contributed by atoms with Gasteiger partial charge in [-0.1, -0.05) is 17.7 Å². The number of aryl methyl sites for hydroxylation is 1. The number of sulfonamides is 1. The molecule has 0 amide bonds. The highest BCUT2D eigenvalue weighted by Crippen LogP contribution is 2.32. The molecule has 1 aliphatic heterocycles. The molecular formula is C20H25NO5S. The maximum absolute atomic E-state index is 13.0. The van der Waals surface area contributed by atoms with Gasteiger partial charge in [-0.15, -0.1) is 0 Å². The minimum atomic E-state index is -3.63. The predicted octanol–water partition coefficient (Wildman–Crippen LogP) is 3.24. The van der Waals surface area contributed by atoms with E-state index in [4.69, 9.17) is 14.2 Å². The van der Waals surface area contributed by atoms with Crippen molar-refractivity contribution in [1.29, 1.82) is 0 Å². The third-order valence-corrected chi connectivity index (χ3v) is 6.65. The second kappa shape index (κ2) is 8.19. The van der Waals surface area contributed by atoms with Crippen LogP contribution in [0.5, 0.6) is 17.2 Å². The van der Waals surface area contributed by atoms with Crippen LogP contribution in [0.4, 0.5) is 0 Å². The zero-order valence-electron chi connectivity index (χ0n) is 15.8. The van der Waals surface area contributed by atoms with E-state index in [1.54, 1.807) is 12.1 Å². The van der Waals surface area contributed by atoms with Crippen LogP contribution in [0.2, 0.25) is 0 Å². The van der Waals surface area contributed by atoms with Crippen LogP contribution in [0.3, 0.4) is 0 Å². The normalized spacial score (nSPS) is 16.1. The van der Waals surface area contributed by atoms with Crippen molar-refractivity contribution < 1.29 is 22.6 Å². The Hall–Kier alpha value is -2.25. The smallest absolute Gasteiger partial charge is 0.246 e. The monoisotopic (exact) mass is 391 g/mol. The lowest BCUT2D eigenvalue weighted by Crippen LogP contribution is -2.41. The van der Waals surface area contributed by atoms with Gasteiger partial charge in [-0.25, -0.2) is 8.42 Å². The number of piperidine rings is 1. The van der Waals surface area contributed by atoms with Crippen LogP contribution >= 0.6 is 0 Å². The molecular weight excluding hydrogens is 366 g/mol. The molecule has 0 aromatic heterocycles. The van der Waals surface area contributed by atoms with Crippen molar-refractivity contribution >= 4 is 10.0 Å². The average molecular weight is 391 g/mol. The van der Waals surface area contributed by atoms with Crippen LogP contribution in [0.25, 0.3) is 0 Å². The number of hydrogen-bond donors (Lipinski definition) is 0. The van der Waals surface area contributed by atoms with Crippen LogP contribution in [0, 0.1) is 6.92 Å². The molecule has 1 aliphatic rings. The van der Waals surface area contributed by atoms with E-state index in [1.165, 1.54) is 30.2 Å². The van der Waals surface area contributed by atoms with E-state index in [0.717, 1.165) is 5.75 Å². The molecule has 146 valence electrons. The fraction of sp³-hybridized carbons (Fsp3) is 0.400. The summed E-state index contributed by atoms with van der Waals surface area (Å²) < 4.78 is 44.0. The van der Waals surface area contributed by atoms with Gasteiger partial charge in [0, 0.05) is 19.2 Å². The third kappa shape index (κ3) is 4.36. The lowest BCUT2D eigenvalue weighted by molar-refractivity contribution is 0.135. The van der Waals surface area contributed by atoms with Gasteiger partial charge in [0.15, 0.2) is 0 Å². The minimum absolute atomic E-state index is 0.0110. The largest absolute Gasteiger partial charge is 0.497 e. The zero-order chi connectivity index (χ0) is 19.4. The molecule has 0 N–H and O–H groups in total. The second-order valence-electron chi connectivity index (χ2n) is 6.55. The maximum atomic E-state index is 13.0. The molecule has 2 aromatic carbocycles. The molecule has 3 rings (SSSR count). The van der Waals surface area contributed by atoms with Crippen molar-refractivity contribution in [3.8, 4) is 17.2 Å². The molecule has 0 unspecified atom stereocenters. The molecule has 0 radical (unpaired) electrons. The predicted molar refractivity (Wildman–Crippen MR) is 103 cm³/mol. The average Bonchev–Trinajstić information content (AvgIpc) is 2.69.